The third-order valence-electron chi connectivity index (χ3n) is 2.86. The Labute approximate surface area is 93.9 Å². The normalized spacial score (nSPS) is 20.5. The van der Waals surface area contributed by atoms with Crippen LogP contribution in [0, 0.1) is 5.92 Å². The Bertz CT molecular complexity index is 436. The van der Waals surface area contributed by atoms with Gasteiger partial charge in [0.25, 0.3) is 5.91 Å². The fraction of sp³-hybridized carbons (Fsp3) is 0.545. The van der Waals surface area contributed by atoms with Gasteiger partial charge in [-0.1, -0.05) is 13.8 Å². The lowest BCUT2D eigenvalue weighted by molar-refractivity contribution is -0.130. The van der Waals surface area contributed by atoms with Gasteiger partial charge in [0.05, 0.1) is 17.9 Å². The fourth-order valence-corrected chi connectivity index (χ4v) is 2.05. The summed E-state index contributed by atoms with van der Waals surface area (Å²) in [6.45, 7) is 4.11. The Balaban J connectivity index is 2.43. The summed E-state index contributed by atoms with van der Waals surface area (Å²) in [6.07, 6.45) is 2.20. The molecule has 2 heterocycles. The minimum absolute atomic E-state index is 0.143. The van der Waals surface area contributed by atoms with Gasteiger partial charge in [0.15, 0.2) is 5.69 Å². The molecule has 0 saturated carbocycles. The molecule has 1 unspecified atom stereocenters. The van der Waals surface area contributed by atoms with E-state index in [2.05, 4.69) is 23.8 Å². The van der Waals surface area contributed by atoms with Crippen LogP contribution in [0.2, 0.25) is 0 Å². The highest BCUT2D eigenvalue weighted by molar-refractivity contribution is 6.09. The van der Waals surface area contributed by atoms with Crippen molar-refractivity contribution in [3.05, 3.63) is 17.7 Å². The molecule has 0 saturated heterocycles. The number of nitrogens with one attached hydrogen (secondary N) is 1. The summed E-state index contributed by atoms with van der Waals surface area (Å²) in [5.74, 6) is -0.330. The molecule has 0 fully saturated rings. The second-order valence-corrected chi connectivity index (χ2v) is 4.55. The number of H-pyrrole nitrogens is 1. The van der Waals surface area contributed by atoms with Crippen LogP contribution in [0.1, 0.15) is 42.4 Å². The number of imidazole rings is 1. The van der Waals surface area contributed by atoms with Gasteiger partial charge in [0.2, 0.25) is 5.91 Å². The van der Waals surface area contributed by atoms with Gasteiger partial charge in [-0.2, -0.15) is 0 Å². The number of likely N-dealkylation sites (N-methyl/N-ethyl adjacent to an activating group) is 1. The molecule has 1 N–H and O–H groups in total. The molecule has 5 heteroatoms. The smallest absolute Gasteiger partial charge is 0.280 e. The lowest BCUT2D eigenvalue weighted by atomic mass is 9.89. The number of fused-ring (bicyclic) bond motifs is 1. The summed E-state index contributed by atoms with van der Waals surface area (Å²) >= 11 is 0. The molecule has 1 aromatic rings. The number of aromatic nitrogens is 2. The highest BCUT2D eigenvalue weighted by Gasteiger charge is 2.38. The highest BCUT2D eigenvalue weighted by Crippen LogP contribution is 2.30. The van der Waals surface area contributed by atoms with E-state index in [0.717, 1.165) is 11.3 Å². The summed E-state index contributed by atoms with van der Waals surface area (Å²) in [7, 11) is 1.51. The monoisotopic (exact) mass is 221 g/mol. The first-order valence-electron chi connectivity index (χ1n) is 5.37. The highest BCUT2D eigenvalue weighted by atomic mass is 16.2. The van der Waals surface area contributed by atoms with Crippen LogP contribution in [0.15, 0.2) is 6.33 Å². The number of nitrogens with zero attached hydrogens (tertiary/aromatic N) is 2. The zero-order valence-corrected chi connectivity index (χ0v) is 9.65. The second-order valence-electron chi connectivity index (χ2n) is 4.55. The first-order valence-corrected chi connectivity index (χ1v) is 5.37. The van der Waals surface area contributed by atoms with Crippen LogP contribution in [0.3, 0.4) is 0 Å². The second kappa shape index (κ2) is 3.73. The average Bonchev–Trinajstić information content (AvgIpc) is 2.69. The van der Waals surface area contributed by atoms with Crippen LogP contribution in [-0.2, 0) is 4.79 Å². The molecule has 0 radical (unpaired) electrons. The Morgan fingerprint density at radius 3 is 2.81 bits per heavy atom. The average molecular weight is 221 g/mol. The van der Waals surface area contributed by atoms with Crippen molar-refractivity contribution in [2.75, 3.05) is 7.05 Å². The van der Waals surface area contributed by atoms with Crippen molar-refractivity contribution >= 4 is 11.8 Å². The van der Waals surface area contributed by atoms with E-state index in [1.54, 1.807) is 0 Å². The van der Waals surface area contributed by atoms with Crippen LogP contribution in [0.4, 0.5) is 0 Å². The molecule has 2 amide bonds. The maximum atomic E-state index is 12.0. The molecule has 0 bridgehead atoms. The van der Waals surface area contributed by atoms with E-state index in [0.29, 0.717) is 17.3 Å². The van der Waals surface area contributed by atoms with Gasteiger partial charge in [0, 0.05) is 7.05 Å². The molecule has 1 aliphatic heterocycles. The number of carbonyl (C=O) groups is 2. The van der Waals surface area contributed by atoms with Crippen molar-refractivity contribution in [1.29, 1.82) is 0 Å². The molecule has 0 aromatic carbocycles. The summed E-state index contributed by atoms with van der Waals surface area (Å²) in [6, 6.07) is 0. The third-order valence-corrected chi connectivity index (χ3v) is 2.86. The predicted octanol–water partition coefficient (Wildman–Crippen LogP) is 1.15. The molecule has 1 aliphatic rings. The third kappa shape index (κ3) is 1.52. The van der Waals surface area contributed by atoms with E-state index in [1.807, 2.05) is 0 Å². The van der Waals surface area contributed by atoms with Gasteiger partial charge < -0.3 is 4.98 Å². The Morgan fingerprint density at radius 2 is 2.19 bits per heavy atom. The molecule has 86 valence electrons. The number of aromatic amines is 1. The minimum Gasteiger partial charge on any atom is -0.347 e. The number of amides is 2. The molecular formula is C11H15N3O2. The van der Waals surface area contributed by atoms with Crippen LogP contribution in [0.5, 0.6) is 0 Å². The van der Waals surface area contributed by atoms with E-state index in [4.69, 9.17) is 0 Å². The van der Waals surface area contributed by atoms with E-state index in [1.165, 1.54) is 13.4 Å². The molecule has 2 rings (SSSR count). The number of hydrogen-bond acceptors (Lipinski definition) is 3. The zero-order valence-electron chi connectivity index (χ0n) is 9.65. The molecular weight excluding hydrogens is 206 g/mol. The number of rotatable bonds is 2. The number of carbonyl (C=O) groups excluding carboxylic acids is 2. The first-order chi connectivity index (χ1) is 7.52. The molecule has 16 heavy (non-hydrogen) atoms. The Morgan fingerprint density at radius 1 is 1.50 bits per heavy atom. The van der Waals surface area contributed by atoms with Crippen LogP contribution in [0.25, 0.3) is 0 Å². The molecule has 0 spiro atoms. The van der Waals surface area contributed by atoms with Crippen molar-refractivity contribution in [3.63, 3.8) is 0 Å². The van der Waals surface area contributed by atoms with Crippen LogP contribution >= 0.6 is 0 Å². The Hall–Kier alpha value is -1.65. The van der Waals surface area contributed by atoms with Gasteiger partial charge in [-0.25, -0.2) is 4.98 Å². The number of imide groups is 1. The maximum absolute atomic E-state index is 12.0. The van der Waals surface area contributed by atoms with Crippen molar-refractivity contribution in [1.82, 2.24) is 14.9 Å². The van der Waals surface area contributed by atoms with E-state index < -0.39 is 0 Å². The van der Waals surface area contributed by atoms with Crippen molar-refractivity contribution < 1.29 is 9.59 Å². The van der Waals surface area contributed by atoms with E-state index in [9.17, 15) is 9.59 Å². The van der Waals surface area contributed by atoms with Gasteiger partial charge in [0.1, 0.15) is 0 Å². The van der Waals surface area contributed by atoms with Crippen molar-refractivity contribution in [2.45, 2.75) is 26.2 Å². The summed E-state index contributed by atoms with van der Waals surface area (Å²) in [4.78, 5) is 31.8. The van der Waals surface area contributed by atoms with Gasteiger partial charge in [-0.05, 0) is 12.3 Å². The van der Waals surface area contributed by atoms with Gasteiger partial charge >= 0.3 is 0 Å². The Kier molecular flexibility index (Phi) is 2.53. The van der Waals surface area contributed by atoms with E-state index in [-0.39, 0.29) is 17.7 Å². The van der Waals surface area contributed by atoms with E-state index >= 15 is 0 Å². The molecule has 0 aliphatic carbocycles. The summed E-state index contributed by atoms with van der Waals surface area (Å²) in [5, 5.41) is 0. The molecule has 5 nitrogen and oxygen atoms in total. The van der Waals surface area contributed by atoms with Crippen molar-refractivity contribution in [2.24, 2.45) is 5.92 Å². The topological polar surface area (TPSA) is 66.1 Å². The van der Waals surface area contributed by atoms with Crippen molar-refractivity contribution in [3.8, 4) is 0 Å². The standard InChI is InChI=1S/C11H15N3O2/c1-6(2)4-7-8-9(13-5-12-8)11(16)14(3)10(7)15/h5-7H,4H2,1-3H3,(H,12,13). The molecule has 1 atom stereocenters. The van der Waals surface area contributed by atoms with Crippen LogP contribution in [-0.4, -0.2) is 33.7 Å². The summed E-state index contributed by atoms with van der Waals surface area (Å²) < 4.78 is 0. The van der Waals surface area contributed by atoms with Gasteiger partial charge in [-0.15, -0.1) is 0 Å². The molecule has 1 aromatic heterocycles. The lowest BCUT2D eigenvalue weighted by Gasteiger charge is -2.27. The first kappa shape index (κ1) is 10.9. The lowest BCUT2D eigenvalue weighted by Crippen LogP contribution is -2.42. The van der Waals surface area contributed by atoms with Gasteiger partial charge in [-0.3, -0.25) is 14.5 Å². The quantitative estimate of drug-likeness (QED) is 0.762. The summed E-state index contributed by atoms with van der Waals surface area (Å²) in [5.41, 5.74) is 1.05. The maximum Gasteiger partial charge on any atom is 0.280 e. The van der Waals surface area contributed by atoms with Crippen LogP contribution < -0.4 is 0 Å². The number of hydrogen-bond donors (Lipinski definition) is 1. The zero-order chi connectivity index (χ0) is 11.9. The predicted molar refractivity (Wildman–Crippen MR) is 57.9 cm³/mol. The fourth-order valence-electron chi connectivity index (χ4n) is 2.05. The SMILES string of the molecule is CC(C)CC1C(=O)N(C)C(=O)c2nc[nH]c21. The minimum atomic E-state index is -0.318. The largest absolute Gasteiger partial charge is 0.347 e.